The first kappa shape index (κ1) is 18.6. The molecule has 1 aliphatic heterocycles. The predicted octanol–water partition coefficient (Wildman–Crippen LogP) is 3.43. The van der Waals surface area contributed by atoms with Gasteiger partial charge in [-0.1, -0.05) is 48.6 Å². The van der Waals surface area contributed by atoms with Crippen LogP contribution in [-0.2, 0) is 24.8 Å². The second kappa shape index (κ2) is 7.71. The Morgan fingerprint density at radius 3 is 2.82 bits per heavy atom. The van der Waals surface area contributed by atoms with E-state index in [1.165, 1.54) is 11.3 Å². The summed E-state index contributed by atoms with van der Waals surface area (Å²) in [5.41, 5.74) is 1.19. The number of amides is 1. The van der Waals surface area contributed by atoms with Gasteiger partial charge in [0, 0.05) is 20.0 Å². The van der Waals surface area contributed by atoms with Crippen LogP contribution in [0.5, 0.6) is 0 Å². The van der Waals surface area contributed by atoms with E-state index in [-0.39, 0.29) is 24.3 Å². The SMILES string of the molecule is CCc1nc2sc(C3CCCN3C(=O)OCc3ccccc3)nc2c(=O)n1C. The van der Waals surface area contributed by atoms with Gasteiger partial charge in [-0.15, -0.1) is 0 Å². The van der Waals surface area contributed by atoms with Gasteiger partial charge in [-0.25, -0.2) is 14.8 Å². The number of carbonyl (C=O) groups excluding carboxylic acids is 1. The van der Waals surface area contributed by atoms with Gasteiger partial charge in [0.15, 0.2) is 10.3 Å². The molecule has 0 radical (unpaired) electrons. The van der Waals surface area contributed by atoms with Crippen LogP contribution in [0.2, 0.25) is 0 Å². The molecule has 1 aliphatic rings. The first-order valence-corrected chi connectivity index (χ1v) is 10.2. The average Bonchev–Trinajstić information content (AvgIpc) is 3.36. The van der Waals surface area contributed by atoms with Gasteiger partial charge in [0.2, 0.25) is 0 Å². The lowest BCUT2D eigenvalue weighted by Gasteiger charge is -2.22. The van der Waals surface area contributed by atoms with Gasteiger partial charge in [-0.2, -0.15) is 0 Å². The minimum atomic E-state index is -0.347. The molecule has 2 aromatic heterocycles. The quantitative estimate of drug-likeness (QED) is 0.673. The topological polar surface area (TPSA) is 77.3 Å². The summed E-state index contributed by atoms with van der Waals surface area (Å²) in [6, 6.07) is 9.45. The smallest absolute Gasteiger partial charge is 0.410 e. The Morgan fingerprint density at radius 2 is 2.07 bits per heavy atom. The molecule has 0 bridgehead atoms. The Bertz CT molecular complexity index is 1060. The lowest BCUT2D eigenvalue weighted by Crippen LogP contribution is -2.31. The molecule has 1 saturated heterocycles. The zero-order valence-electron chi connectivity index (χ0n) is 15.9. The Labute approximate surface area is 166 Å². The second-order valence-electron chi connectivity index (χ2n) is 6.84. The molecule has 28 heavy (non-hydrogen) atoms. The molecule has 0 N–H and O–H groups in total. The highest BCUT2D eigenvalue weighted by Gasteiger charge is 2.34. The van der Waals surface area contributed by atoms with Gasteiger partial charge in [-0.05, 0) is 18.4 Å². The molecule has 7 nitrogen and oxygen atoms in total. The average molecular weight is 398 g/mol. The number of rotatable bonds is 4. The summed E-state index contributed by atoms with van der Waals surface area (Å²) in [6.07, 6.45) is 2.02. The van der Waals surface area contributed by atoms with Crippen LogP contribution in [0.25, 0.3) is 10.3 Å². The van der Waals surface area contributed by atoms with Gasteiger partial charge < -0.3 is 4.74 Å². The van der Waals surface area contributed by atoms with E-state index < -0.39 is 0 Å². The van der Waals surface area contributed by atoms with Crippen molar-refractivity contribution in [3.05, 3.63) is 57.1 Å². The molecule has 8 heteroatoms. The van der Waals surface area contributed by atoms with Crippen molar-refractivity contribution in [2.45, 2.75) is 38.8 Å². The first-order chi connectivity index (χ1) is 13.6. The lowest BCUT2D eigenvalue weighted by molar-refractivity contribution is 0.0920. The molecule has 4 rings (SSSR count). The largest absolute Gasteiger partial charge is 0.445 e. The van der Waals surface area contributed by atoms with Gasteiger partial charge in [0.25, 0.3) is 5.56 Å². The van der Waals surface area contributed by atoms with E-state index in [1.54, 1.807) is 16.5 Å². The third-order valence-electron chi connectivity index (χ3n) is 5.04. The fourth-order valence-corrected chi connectivity index (χ4v) is 4.61. The van der Waals surface area contributed by atoms with Crippen molar-refractivity contribution in [3.63, 3.8) is 0 Å². The van der Waals surface area contributed by atoms with Gasteiger partial charge >= 0.3 is 6.09 Å². The zero-order chi connectivity index (χ0) is 19.7. The summed E-state index contributed by atoms with van der Waals surface area (Å²) in [5, 5.41) is 0.752. The number of aryl methyl sites for hydroxylation is 1. The Kier molecular flexibility index (Phi) is 5.13. The number of likely N-dealkylation sites (tertiary alicyclic amines) is 1. The van der Waals surface area contributed by atoms with Crippen molar-refractivity contribution >= 4 is 27.8 Å². The van der Waals surface area contributed by atoms with E-state index in [0.29, 0.717) is 23.3 Å². The van der Waals surface area contributed by atoms with E-state index in [1.807, 2.05) is 37.3 Å². The van der Waals surface area contributed by atoms with Crippen LogP contribution in [-0.4, -0.2) is 32.1 Å². The maximum absolute atomic E-state index is 12.6. The zero-order valence-corrected chi connectivity index (χ0v) is 16.7. The number of benzene rings is 1. The third kappa shape index (κ3) is 3.40. The lowest BCUT2D eigenvalue weighted by atomic mass is 10.2. The molecule has 0 saturated carbocycles. The standard InChI is InChI=1S/C20H22N4O3S/c1-3-15-21-18-16(19(25)23(15)2)22-17(28-18)14-10-7-11-24(14)20(26)27-12-13-8-5-4-6-9-13/h4-6,8-9,14H,3,7,10-12H2,1-2H3. The van der Waals surface area contributed by atoms with Crippen LogP contribution in [0.1, 0.15) is 42.2 Å². The molecular weight excluding hydrogens is 376 g/mol. The summed E-state index contributed by atoms with van der Waals surface area (Å²) in [7, 11) is 1.72. The third-order valence-corrected chi connectivity index (χ3v) is 6.10. The maximum Gasteiger partial charge on any atom is 0.410 e. The molecule has 0 spiro atoms. The summed E-state index contributed by atoms with van der Waals surface area (Å²) >= 11 is 1.40. The molecule has 3 aromatic rings. The van der Waals surface area contributed by atoms with E-state index in [0.717, 1.165) is 29.2 Å². The number of ether oxygens (including phenoxy) is 1. The van der Waals surface area contributed by atoms with Crippen molar-refractivity contribution in [2.24, 2.45) is 7.05 Å². The van der Waals surface area contributed by atoms with E-state index >= 15 is 0 Å². The molecule has 146 valence electrons. The number of fused-ring (bicyclic) bond motifs is 1. The Hall–Kier alpha value is -2.74. The minimum absolute atomic E-state index is 0.138. The molecule has 1 fully saturated rings. The van der Waals surface area contributed by atoms with Crippen molar-refractivity contribution in [3.8, 4) is 0 Å². The van der Waals surface area contributed by atoms with E-state index in [2.05, 4.69) is 9.97 Å². The first-order valence-electron chi connectivity index (χ1n) is 9.42. The van der Waals surface area contributed by atoms with Crippen LogP contribution in [0.4, 0.5) is 4.79 Å². The van der Waals surface area contributed by atoms with Crippen molar-refractivity contribution < 1.29 is 9.53 Å². The number of aromatic nitrogens is 3. The van der Waals surface area contributed by atoms with Gasteiger partial charge in [-0.3, -0.25) is 14.3 Å². The van der Waals surface area contributed by atoms with Gasteiger partial charge in [0.1, 0.15) is 17.4 Å². The number of hydrogen-bond donors (Lipinski definition) is 0. The van der Waals surface area contributed by atoms with Gasteiger partial charge in [0.05, 0.1) is 6.04 Å². The fraction of sp³-hybridized carbons (Fsp3) is 0.400. The van der Waals surface area contributed by atoms with Crippen LogP contribution < -0.4 is 5.56 Å². The second-order valence-corrected chi connectivity index (χ2v) is 7.85. The molecule has 1 atom stereocenters. The highest BCUT2D eigenvalue weighted by molar-refractivity contribution is 7.18. The van der Waals surface area contributed by atoms with Crippen LogP contribution in [0.15, 0.2) is 35.1 Å². The molecular formula is C20H22N4O3S. The van der Waals surface area contributed by atoms with E-state index in [9.17, 15) is 9.59 Å². The summed E-state index contributed by atoms with van der Waals surface area (Å²) in [5.74, 6) is 0.734. The number of carbonyl (C=O) groups is 1. The van der Waals surface area contributed by atoms with Crippen molar-refractivity contribution in [1.29, 1.82) is 0 Å². The molecule has 3 heterocycles. The monoisotopic (exact) mass is 398 g/mol. The minimum Gasteiger partial charge on any atom is -0.445 e. The van der Waals surface area contributed by atoms with Crippen molar-refractivity contribution in [1.82, 2.24) is 19.4 Å². The summed E-state index contributed by atoms with van der Waals surface area (Å²) < 4.78 is 7.05. The summed E-state index contributed by atoms with van der Waals surface area (Å²) in [6.45, 7) is 2.83. The Morgan fingerprint density at radius 1 is 1.29 bits per heavy atom. The van der Waals surface area contributed by atoms with Crippen LogP contribution in [0, 0.1) is 0 Å². The number of thiazole rings is 1. The normalized spacial score (nSPS) is 16.6. The molecule has 0 aliphatic carbocycles. The highest BCUT2D eigenvalue weighted by Crippen LogP contribution is 2.35. The molecule has 1 amide bonds. The van der Waals surface area contributed by atoms with Crippen LogP contribution >= 0.6 is 11.3 Å². The Balaban J connectivity index is 1.57. The maximum atomic E-state index is 12.6. The predicted molar refractivity (Wildman–Crippen MR) is 107 cm³/mol. The number of hydrogen-bond acceptors (Lipinski definition) is 6. The highest BCUT2D eigenvalue weighted by atomic mass is 32.1. The van der Waals surface area contributed by atoms with Crippen molar-refractivity contribution in [2.75, 3.05) is 6.54 Å². The summed E-state index contributed by atoms with van der Waals surface area (Å²) in [4.78, 5) is 36.7. The van der Waals surface area contributed by atoms with E-state index in [4.69, 9.17) is 4.74 Å². The molecule has 1 aromatic carbocycles. The molecule has 1 unspecified atom stereocenters. The van der Waals surface area contributed by atoms with Crippen LogP contribution in [0.3, 0.4) is 0 Å². The number of nitrogens with zero attached hydrogens (tertiary/aromatic N) is 4. The fourth-order valence-electron chi connectivity index (χ4n) is 3.51.